The molecule has 0 fully saturated rings. The maximum atomic E-state index is 12.5. The minimum Gasteiger partial charge on any atom is -0.349 e. The molecular weight excluding hydrogens is 499 g/mol. The summed E-state index contributed by atoms with van der Waals surface area (Å²) in [6.07, 6.45) is 8.79. The van der Waals surface area contributed by atoms with Crippen LogP contribution in [0.5, 0.6) is 0 Å². The Balaban J connectivity index is 1.66. The molecule has 0 bridgehead atoms. The Hall–Kier alpha value is -2.02. The first-order chi connectivity index (χ1) is 17.0. The highest BCUT2D eigenvalue weighted by atomic mass is 35.5. The second kappa shape index (κ2) is 14.5. The lowest BCUT2D eigenvalue weighted by Gasteiger charge is -2.13. The predicted octanol–water partition coefficient (Wildman–Crippen LogP) is 7.93. The van der Waals surface area contributed by atoms with Crippen LogP contribution in [0.3, 0.4) is 0 Å². The fourth-order valence-corrected chi connectivity index (χ4v) is 5.24. The molecule has 0 aliphatic carbocycles. The van der Waals surface area contributed by atoms with Crippen molar-refractivity contribution in [1.82, 2.24) is 20.1 Å². The molecule has 0 spiro atoms. The van der Waals surface area contributed by atoms with Gasteiger partial charge in [-0.25, -0.2) is 0 Å². The largest absolute Gasteiger partial charge is 0.349 e. The summed E-state index contributed by atoms with van der Waals surface area (Å²) in [5.74, 6) is 1.39. The molecule has 1 aromatic heterocycles. The number of amides is 1. The monoisotopic (exact) mass is 532 g/mol. The fraction of sp³-hybridized carbons (Fsp3) is 0.444. The van der Waals surface area contributed by atoms with Gasteiger partial charge in [-0.2, -0.15) is 0 Å². The van der Waals surface area contributed by atoms with Gasteiger partial charge in [-0.1, -0.05) is 105 Å². The number of nitrogens with zero attached hydrogens (tertiary/aromatic N) is 3. The standard InChI is InChI=1S/C27H34Cl2N4OS/c1-3-4-5-6-7-8-9-14-26(34)30-18-25-31-32-27(35-19-21-13-11-10-12-20(21)2)33(25)24-17-22(28)15-16-23(24)29/h10-13,15-17H,3-9,14,18-19H2,1-2H3,(H,30,34). The predicted molar refractivity (Wildman–Crippen MR) is 147 cm³/mol. The molecule has 35 heavy (non-hydrogen) atoms. The first kappa shape index (κ1) is 27.6. The molecule has 2 aromatic carbocycles. The quantitative estimate of drug-likeness (QED) is 0.169. The third-order valence-electron chi connectivity index (χ3n) is 5.92. The van der Waals surface area contributed by atoms with Gasteiger partial charge in [0.25, 0.3) is 0 Å². The van der Waals surface area contributed by atoms with Crippen molar-refractivity contribution in [2.45, 2.75) is 82.7 Å². The minimum atomic E-state index is 0.0272. The van der Waals surface area contributed by atoms with Gasteiger partial charge in [0.1, 0.15) is 0 Å². The van der Waals surface area contributed by atoms with E-state index in [9.17, 15) is 4.79 Å². The zero-order valence-corrected chi connectivity index (χ0v) is 22.9. The zero-order chi connectivity index (χ0) is 25.0. The van der Waals surface area contributed by atoms with Crippen LogP contribution in [-0.2, 0) is 17.1 Å². The molecule has 0 aliphatic rings. The third kappa shape index (κ3) is 8.55. The molecule has 0 radical (unpaired) electrons. The second-order valence-corrected chi connectivity index (χ2v) is 10.5. The first-order valence-corrected chi connectivity index (χ1v) is 14.1. The van der Waals surface area contributed by atoms with Crippen molar-refractivity contribution >= 4 is 40.9 Å². The van der Waals surface area contributed by atoms with Crippen molar-refractivity contribution in [3.05, 3.63) is 69.5 Å². The average Bonchev–Trinajstić information content (AvgIpc) is 3.25. The lowest BCUT2D eigenvalue weighted by molar-refractivity contribution is -0.121. The maximum Gasteiger partial charge on any atom is 0.220 e. The van der Waals surface area contributed by atoms with E-state index in [1.54, 1.807) is 30.0 Å². The van der Waals surface area contributed by atoms with Crippen LogP contribution in [0.1, 0.15) is 75.2 Å². The number of hydrogen-bond donors (Lipinski definition) is 1. The molecule has 8 heteroatoms. The average molecular weight is 534 g/mol. The summed E-state index contributed by atoms with van der Waals surface area (Å²) in [6, 6.07) is 13.6. The van der Waals surface area contributed by atoms with Crippen molar-refractivity contribution in [3.63, 3.8) is 0 Å². The number of benzene rings is 2. The summed E-state index contributed by atoms with van der Waals surface area (Å²) in [5, 5.41) is 13.6. The van der Waals surface area contributed by atoms with Crippen molar-refractivity contribution in [3.8, 4) is 5.69 Å². The third-order valence-corrected chi connectivity index (χ3v) is 7.45. The molecule has 0 saturated carbocycles. The summed E-state index contributed by atoms with van der Waals surface area (Å²) in [7, 11) is 0. The van der Waals surface area contributed by atoms with E-state index in [1.165, 1.54) is 43.2 Å². The number of carbonyl (C=O) groups excluding carboxylic acids is 1. The van der Waals surface area contributed by atoms with E-state index in [0.29, 0.717) is 33.1 Å². The van der Waals surface area contributed by atoms with Gasteiger partial charge in [0.15, 0.2) is 11.0 Å². The van der Waals surface area contributed by atoms with Gasteiger partial charge < -0.3 is 5.32 Å². The summed E-state index contributed by atoms with van der Waals surface area (Å²) >= 11 is 14.4. The SMILES string of the molecule is CCCCCCCCCC(=O)NCc1nnc(SCc2ccccc2C)n1-c1cc(Cl)ccc1Cl. The van der Waals surface area contributed by atoms with Crippen LogP contribution in [0.2, 0.25) is 10.0 Å². The number of aromatic nitrogens is 3. The van der Waals surface area contributed by atoms with Crippen molar-refractivity contribution in [1.29, 1.82) is 0 Å². The van der Waals surface area contributed by atoms with Crippen LogP contribution in [0.15, 0.2) is 47.6 Å². The Morgan fingerprint density at radius 2 is 1.74 bits per heavy atom. The topological polar surface area (TPSA) is 59.8 Å². The number of thioether (sulfide) groups is 1. The number of aryl methyl sites for hydroxylation is 1. The molecule has 3 rings (SSSR count). The molecule has 5 nitrogen and oxygen atoms in total. The Bertz CT molecular complexity index is 1100. The molecule has 1 N–H and O–H groups in total. The normalized spacial score (nSPS) is 11.1. The number of hydrogen-bond acceptors (Lipinski definition) is 4. The van der Waals surface area contributed by atoms with Crippen LogP contribution in [0, 0.1) is 6.92 Å². The van der Waals surface area contributed by atoms with E-state index in [1.807, 2.05) is 16.7 Å². The first-order valence-electron chi connectivity index (χ1n) is 12.3. The van der Waals surface area contributed by atoms with Gasteiger partial charge in [-0.3, -0.25) is 9.36 Å². The minimum absolute atomic E-state index is 0.0272. The van der Waals surface area contributed by atoms with Crippen LogP contribution < -0.4 is 5.32 Å². The summed E-state index contributed by atoms with van der Waals surface area (Å²) in [5.41, 5.74) is 3.16. The van der Waals surface area contributed by atoms with E-state index in [4.69, 9.17) is 23.2 Å². The molecule has 0 unspecified atom stereocenters. The van der Waals surface area contributed by atoms with Crippen LogP contribution in [0.25, 0.3) is 5.69 Å². The van der Waals surface area contributed by atoms with Crippen molar-refractivity contribution in [2.24, 2.45) is 0 Å². The zero-order valence-electron chi connectivity index (χ0n) is 20.5. The van der Waals surface area contributed by atoms with Gasteiger partial charge in [0, 0.05) is 17.2 Å². The van der Waals surface area contributed by atoms with E-state index in [-0.39, 0.29) is 12.5 Å². The molecular formula is C27H34Cl2N4OS. The van der Waals surface area contributed by atoms with Gasteiger partial charge in [0.2, 0.25) is 5.91 Å². The van der Waals surface area contributed by atoms with Gasteiger partial charge >= 0.3 is 0 Å². The van der Waals surface area contributed by atoms with E-state index >= 15 is 0 Å². The Morgan fingerprint density at radius 1 is 1.00 bits per heavy atom. The molecule has 1 heterocycles. The van der Waals surface area contributed by atoms with E-state index in [2.05, 4.69) is 41.5 Å². The molecule has 0 saturated heterocycles. The highest BCUT2D eigenvalue weighted by Gasteiger charge is 2.18. The Morgan fingerprint density at radius 3 is 2.51 bits per heavy atom. The molecule has 1 amide bonds. The number of nitrogens with one attached hydrogen (secondary N) is 1. The smallest absolute Gasteiger partial charge is 0.220 e. The number of unbranched alkanes of at least 4 members (excludes halogenated alkanes) is 6. The number of rotatable bonds is 14. The lowest BCUT2D eigenvalue weighted by Crippen LogP contribution is -2.24. The van der Waals surface area contributed by atoms with Crippen LogP contribution in [0.4, 0.5) is 0 Å². The summed E-state index contributed by atoms with van der Waals surface area (Å²) in [6.45, 7) is 4.59. The van der Waals surface area contributed by atoms with Crippen LogP contribution in [-0.4, -0.2) is 20.7 Å². The maximum absolute atomic E-state index is 12.5. The van der Waals surface area contributed by atoms with E-state index in [0.717, 1.165) is 18.6 Å². The molecule has 0 atom stereocenters. The molecule has 3 aromatic rings. The highest BCUT2D eigenvalue weighted by Crippen LogP contribution is 2.31. The highest BCUT2D eigenvalue weighted by molar-refractivity contribution is 7.98. The van der Waals surface area contributed by atoms with Crippen LogP contribution >= 0.6 is 35.0 Å². The second-order valence-electron chi connectivity index (χ2n) is 8.69. The van der Waals surface area contributed by atoms with Crippen molar-refractivity contribution < 1.29 is 4.79 Å². The summed E-state index contributed by atoms with van der Waals surface area (Å²) in [4.78, 5) is 12.5. The van der Waals surface area contributed by atoms with Crippen molar-refractivity contribution in [2.75, 3.05) is 0 Å². The number of halogens is 2. The molecule has 188 valence electrons. The Labute approximate surface area is 223 Å². The van der Waals surface area contributed by atoms with Gasteiger partial charge in [0.05, 0.1) is 17.3 Å². The lowest BCUT2D eigenvalue weighted by atomic mass is 10.1. The fourth-order valence-electron chi connectivity index (χ4n) is 3.83. The van der Waals surface area contributed by atoms with Gasteiger partial charge in [-0.15, -0.1) is 10.2 Å². The summed E-state index contributed by atoms with van der Waals surface area (Å²) < 4.78 is 1.89. The van der Waals surface area contributed by atoms with Gasteiger partial charge in [-0.05, 0) is 42.7 Å². The molecule has 0 aliphatic heterocycles. The number of carbonyl (C=O) groups is 1. The Kier molecular flexibility index (Phi) is 11.4. The van der Waals surface area contributed by atoms with E-state index < -0.39 is 0 Å².